The molecule has 0 radical (unpaired) electrons. The second-order valence-corrected chi connectivity index (χ2v) is 4.71. The van der Waals surface area contributed by atoms with Gasteiger partial charge >= 0.3 is 7.60 Å². The van der Waals surface area contributed by atoms with Gasteiger partial charge in [-0.3, -0.25) is 4.57 Å². The standard InChI is InChI=1S/C8H11O5P/c9-6-8(10,14(11,12)13)7-4-2-1-3-5-7/h1-5,9-10H,6H2,(H2,11,12,13)/t8-/m1/s1. The first kappa shape index (κ1) is 11.4. The molecule has 0 bridgehead atoms. The summed E-state index contributed by atoms with van der Waals surface area (Å²) in [6.45, 7) is -1.03. The molecule has 0 aliphatic rings. The molecular formula is C8H11O5P. The van der Waals surface area contributed by atoms with Crippen LogP contribution in [0, 0.1) is 0 Å². The SMILES string of the molecule is O=P(O)(O)[C@](O)(CO)c1ccccc1. The van der Waals surface area contributed by atoms with E-state index in [1.54, 1.807) is 6.07 Å². The third-order valence-electron chi connectivity index (χ3n) is 1.94. The van der Waals surface area contributed by atoms with Crippen molar-refractivity contribution in [2.75, 3.05) is 6.61 Å². The number of rotatable bonds is 3. The minimum atomic E-state index is -4.80. The summed E-state index contributed by atoms with van der Waals surface area (Å²) in [6.07, 6.45) is 0. The summed E-state index contributed by atoms with van der Waals surface area (Å²) in [7, 11) is -4.80. The van der Waals surface area contributed by atoms with E-state index in [1.165, 1.54) is 24.3 Å². The van der Waals surface area contributed by atoms with Crippen molar-refractivity contribution < 1.29 is 24.6 Å². The van der Waals surface area contributed by atoms with E-state index >= 15 is 0 Å². The van der Waals surface area contributed by atoms with Gasteiger partial charge in [0.2, 0.25) is 5.34 Å². The molecule has 0 unspecified atom stereocenters. The van der Waals surface area contributed by atoms with Gasteiger partial charge in [0.25, 0.3) is 0 Å². The molecular weight excluding hydrogens is 207 g/mol. The van der Waals surface area contributed by atoms with Crippen LogP contribution in [-0.2, 0) is 9.91 Å². The lowest BCUT2D eigenvalue weighted by molar-refractivity contribution is 0.0301. The van der Waals surface area contributed by atoms with E-state index in [2.05, 4.69) is 0 Å². The molecule has 0 aliphatic heterocycles. The predicted octanol–water partition coefficient (Wildman–Crippen LogP) is 0.00170. The molecule has 0 saturated heterocycles. The van der Waals surface area contributed by atoms with Crippen molar-refractivity contribution in [2.45, 2.75) is 5.34 Å². The maximum Gasteiger partial charge on any atom is 0.363 e. The van der Waals surface area contributed by atoms with Gasteiger partial charge in [0.05, 0.1) is 6.61 Å². The first-order chi connectivity index (χ1) is 6.42. The number of hydrogen-bond acceptors (Lipinski definition) is 3. The van der Waals surface area contributed by atoms with Crippen molar-refractivity contribution in [2.24, 2.45) is 0 Å². The number of hydrogen-bond donors (Lipinski definition) is 4. The molecule has 0 aliphatic carbocycles. The molecule has 0 fully saturated rings. The quantitative estimate of drug-likeness (QED) is 0.535. The lowest BCUT2D eigenvalue weighted by atomic mass is 10.1. The second-order valence-electron chi connectivity index (χ2n) is 2.88. The summed E-state index contributed by atoms with van der Waals surface area (Å²) in [5, 5.41) is 15.9. The maximum atomic E-state index is 11.0. The molecule has 0 amide bonds. The fraction of sp³-hybridized carbons (Fsp3) is 0.250. The van der Waals surface area contributed by atoms with Gasteiger partial charge in [-0.2, -0.15) is 0 Å². The maximum absolute atomic E-state index is 11.0. The Labute approximate surface area is 80.8 Å². The first-order valence-corrected chi connectivity index (χ1v) is 5.47. The van der Waals surface area contributed by atoms with Crippen LogP contribution in [0.2, 0.25) is 0 Å². The monoisotopic (exact) mass is 218 g/mol. The summed E-state index contributed by atoms with van der Waals surface area (Å²) < 4.78 is 11.0. The Morgan fingerprint density at radius 1 is 1.21 bits per heavy atom. The molecule has 5 nitrogen and oxygen atoms in total. The molecule has 1 aromatic rings. The lowest BCUT2D eigenvalue weighted by Gasteiger charge is -2.26. The van der Waals surface area contributed by atoms with Crippen LogP contribution in [-0.4, -0.2) is 26.6 Å². The topological polar surface area (TPSA) is 98.0 Å². The largest absolute Gasteiger partial charge is 0.392 e. The summed E-state index contributed by atoms with van der Waals surface area (Å²) in [5.41, 5.74) is -0.00386. The molecule has 1 rings (SSSR count). The van der Waals surface area contributed by atoms with Gasteiger partial charge in [0.15, 0.2) is 0 Å². The van der Waals surface area contributed by atoms with Crippen LogP contribution < -0.4 is 0 Å². The average molecular weight is 218 g/mol. The number of aliphatic hydroxyl groups excluding tert-OH is 1. The Morgan fingerprint density at radius 3 is 2.07 bits per heavy atom. The molecule has 78 valence electrons. The van der Waals surface area contributed by atoms with E-state index in [0.29, 0.717) is 0 Å². The number of aliphatic hydroxyl groups is 2. The van der Waals surface area contributed by atoms with Crippen LogP contribution in [0.15, 0.2) is 30.3 Å². The van der Waals surface area contributed by atoms with E-state index in [9.17, 15) is 9.67 Å². The highest BCUT2D eigenvalue weighted by Crippen LogP contribution is 2.54. The molecule has 1 aromatic carbocycles. The van der Waals surface area contributed by atoms with Crippen LogP contribution in [0.25, 0.3) is 0 Å². The fourth-order valence-electron chi connectivity index (χ4n) is 1.06. The third-order valence-corrected chi connectivity index (χ3v) is 3.30. The summed E-state index contributed by atoms with van der Waals surface area (Å²) >= 11 is 0. The van der Waals surface area contributed by atoms with Gasteiger partial charge in [0.1, 0.15) is 0 Å². The predicted molar refractivity (Wildman–Crippen MR) is 49.5 cm³/mol. The van der Waals surface area contributed by atoms with Gasteiger partial charge in [-0.1, -0.05) is 30.3 Å². The Morgan fingerprint density at radius 2 is 1.71 bits per heavy atom. The van der Waals surface area contributed by atoms with E-state index in [4.69, 9.17) is 14.9 Å². The van der Waals surface area contributed by atoms with Gasteiger partial charge in [-0.05, 0) is 5.56 Å². The molecule has 0 spiro atoms. The normalized spacial score (nSPS) is 16.3. The summed E-state index contributed by atoms with van der Waals surface area (Å²) in [5.74, 6) is 0. The molecule has 0 heterocycles. The van der Waals surface area contributed by atoms with Crippen LogP contribution in [0.5, 0.6) is 0 Å². The minimum absolute atomic E-state index is 0.00386. The molecule has 0 aromatic heterocycles. The van der Waals surface area contributed by atoms with Crippen molar-refractivity contribution in [3.05, 3.63) is 35.9 Å². The molecule has 6 heteroatoms. The minimum Gasteiger partial charge on any atom is -0.392 e. The average Bonchev–Trinajstić information content (AvgIpc) is 2.16. The number of benzene rings is 1. The molecule has 4 N–H and O–H groups in total. The van der Waals surface area contributed by atoms with E-state index in [1.807, 2.05) is 0 Å². The Balaban J connectivity index is 3.23. The van der Waals surface area contributed by atoms with Crippen molar-refractivity contribution >= 4 is 7.60 Å². The Hall–Kier alpha value is -0.710. The van der Waals surface area contributed by atoms with Crippen molar-refractivity contribution in [1.82, 2.24) is 0 Å². The Bertz CT molecular complexity index is 346. The van der Waals surface area contributed by atoms with Crippen LogP contribution in [0.4, 0.5) is 0 Å². The Kier molecular flexibility index (Phi) is 3.09. The van der Waals surface area contributed by atoms with Crippen molar-refractivity contribution in [3.63, 3.8) is 0 Å². The van der Waals surface area contributed by atoms with Gasteiger partial charge in [-0.15, -0.1) is 0 Å². The van der Waals surface area contributed by atoms with Crippen LogP contribution in [0.3, 0.4) is 0 Å². The van der Waals surface area contributed by atoms with Crippen molar-refractivity contribution in [1.29, 1.82) is 0 Å². The lowest BCUT2D eigenvalue weighted by Crippen LogP contribution is -2.29. The zero-order chi connectivity index (χ0) is 10.8. The van der Waals surface area contributed by atoms with Crippen LogP contribution in [0.1, 0.15) is 5.56 Å². The van der Waals surface area contributed by atoms with Gasteiger partial charge < -0.3 is 20.0 Å². The molecule has 0 saturated carbocycles. The van der Waals surface area contributed by atoms with E-state index in [0.717, 1.165) is 0 Å². The highest BCUT2D eigenvalue weighted by Gasteiger charge is 2.46. The fourth-order valence-corrected chi connectivity index (χ4v) is 1.73. The smallest absolute Gasteiger partial charge is 0.363 e. The highest BCUT2D eigenvalue weighted by molar-refractivity contribution is 7.52. The second kappa shape index (κ2) is 3.81. The van der Waals surface area contributed by atoms with E-state index < -0.39 is 19.5 Å². The van der Waals surface area contributed by atoms with Crippen molar-refractivity contribution in [3.8, 4) is 0 Å². The zero-order valence-corrected chi connectivity index (χ0v) is 8.13. The zero-order valence-electron chi connectivity index (χ0n) is 7.24. The highest BCUT2D eigenvalue weighted by atomic mass is 31.2. The third kappa shape index (κ3) is 1.87. The van der Waals surface area contributed by atoms with Gasteiger partial charge in [-0.25, -0.2) is 0 Å². The van der Waals surface area contributed by atoms with Gasteiger partial charge in [0, 0.05) is 0 Å². The first-order valence-electron chi connectivity index (χ1n) is 3.86. The summed E-state index contributed by atoms with van der Waals surface area (Å²) in [4.78, 5) is 17.8. The summed E-state index contributed by atoms with van der Waals surface area (Å²) in [6, 6.07) is 7.36. The molecule has 14 heavy (non-hydrogen) atoms. The van der Waals surface area contributed by atoms with E-state index in [-0.39, 0.29) is 5.56 Å². The van der Waals surface area contributed by atoms with Crippen LogP contribution >= 0.6 is 7.60 Å². The molecule has 1 atom stereocenters.